The van der Waals surface area contributed by atoms with E-state index in [4.69, 9.17) is 9.97 Å². The van der Waals surface area contributed by atoms with Crippen LogP contribution >= 0.6 is 0 Å². The Morgan fingerprint density at radius 2 is 1.38 bits per heavy atom. The Morgan fingerprint density at radius 1 is 0.577 bits per heavy atom. The van der Waals surface area contributed by atoms with Gasteiger partial charge in [-0.15, -0.1) is 0 Å². The maximum absolute atomic E-state index is 4.87. The average Bonchev–Trinajstić information content (AvgIpc) is 2.73. The molecule has 0 saturated carbocycles. The van der Waals surface area contributed by atoms with E-state index in [2.05, 4.69) is 47.4 Å². The molecule has 0 unspecified atom stereocenters. The molecule has 0 spiro atoms. The van der Waals surface area contributed by atoms with Crippen molar-refractivity contribution in [1.82, 2.24) is 15.0 Å². The lowest BCUT2D eigenvalue weighted by molar-refractivity contribution is 1.21. The van der Waals surface area contributed by atoms with Gasteiger partial charge in [-0.2, -0.15) is 0 Å². The largest absolute Gasteiger partial charge is 0.252 e. The van der Waals surface area contributed by atoms with Crippen molar-refractivity contribution in [3.05, 3.63) is 91.1 Å². The van der Waals surface area contributed by atoms with Crippen molar-refractivity contribution in [2.45, 2.75) is 0 Å². The molecule has 0 atom stereocenters. The molecule has 3 nitrogen and oxygen atoms in total. The first-order valence-electron chi connectivity index (χ1n) is 8.56. The van der Waals surface area contributed by atoms with Gasteiger partial charge in [0.2, 0.25) is 0 Å². The first-order chi connectivity index (χ1) is 12.9. The Balaban J connectivity index is 1.77. The lowest BCUT2D eigenvalue weighted by Crippen LogP contribution is -1.96. The van der Waals surface area contributed by atoms with Crippen LogP contribution in [0.25, 0.3) is 44.5 Å². The normalized spacial score (nSPS) is 11.1. The molecule has 5 rings (SSSR count). The molecule has 0 aliphatic rings. The summed E-state index contributed by atoms with van der Waals surface area (Å²) in [6.07, 6.45) is 1.79. The fourth-order valence-electron chi connectivity index (χ4n) is 3.22. The summed E-state index contributed by atoms with van der Waals surface area (Å²) in [6.45, 7) is 0. The highest BCUT2D eigenvalue weighted by atomic mass is 14.9. The molecule has 0 saturated heterocycles. The summed E-state index contributed by atoms with van der Waals surface area (Å²) in [4.78, 5) is 14.2. The zero-order valence-electron chi connectivity index (χ0n) is 14.0. The molecule has 122 valence electrons. The molecule has 3 aromatic carbocycles. The number of nitrogens with zero attached hydrogens (tertiary/aromatic N) is 3. The maximum atomic E-state index is 4.87. The Morgan fingerprint density at radius 3 is 2.27 bits per heavy atom. The van der Waals surface area contributed by atoms with Crippen molar-refractivity contribution < 1.29 is 0 Å². The first-order valence-corrected chi connectivity index (χ1v) is 8.56. The van der Waals surface area contributed by atoms with Gasteiger partial charge in [-0.1, -0.05) is 66.7 Å². The van der Waals surface area contributed by atoms with Crippen LogP contribution in [0.2, 0.25) is 0 Å². The van der Waals surface area contributed by atoms with E-state index in [0.717, 1.165) is 33.7 Å². The molecule has 2 heterocycles. The Labute approximate surface area is 151 Å². The second-order valence-corrected chi connectivity index (χ2v) is 6.19. The van der Waals surface area contributed by atoms with Gasteiger partial charge in [-0.05, 0) is 29.0 Å². The minimum Gasteiger partial charge on any atom is -0.252 e. The molecular formula is C23H15N3. The fourth-order valence-corrected chi connectivity index (χ4v) is 3.22. The van der Waals surface area contributed by atoms with Crippen molar-refractivity contribution in [3.63, 3.8) is 0 Å². The summed E-state index contributed by atoms with van der Waals surface area (Å²) >= 11 is 0. The van der Waals surface area contributed by atoms with Gasteiger partial charge in [0, 0.05) is 17.3 Å². The third-order valence-electron chi connectivity index (χ3n) is 4.51. The molecule has 2 aromatic heterocycles. The standard InChI is InChI=1S/C23H15N3/c1-2-8-17(9-3-1)21-22-20(11-6-14-24-22)25-23(26-21)19-13-12-16-7-4-5-10-18(16)15-19/h1-15H. The molecule has 26 heavy (non-hydrogen) atoms. The molecule has 0 radical (unpaired) electrons. The zero-order valence-corrected chi connectivity index (χ0v) is 14.0. The molecular weight excluding hydrogens is 318 g/mol. The van der Waals surface area contributed by atoms with Gasteiger partial charge in [0.25, 0.3) is 0 Å². The maximum Gasteiger partial charge on any atom is 0.160 e. The van der Waals surface area contributed by atoms with Gasteiger partial charge in [-0.3, -0.25) is 4.98 Å². The van der Waals surface area contributed by atoms with Gasteiger partial charge < -0.3 is 0 Å². The van der Waals surface area contributed by atoms with E-state index >= 15 is 0 Å². The second-order valence-electron chi connectivity index (χ2n) is 6.19. The summed E-state index contributed by atoms with van der Waals surface area (Å²) in [7, 11) is 0. The summed E-state index contributed by atoms with van der Waals surface area (Å²) in [5.74, 6) is 0.718. The Kier molecular flexibility index (Phi) is 3.42. The van der Waals surface area contributed by atoms with E-state index in [1.54, 1.807) is 6.20 Å². The van der Waals surface area contributed by atoms with Crippen molar-refractivity contribution in [2.75, 3.05) is 0 Å². The summed E-state index contributed by atoms with van der Waals surface area (Å²) < 4.78 is 0. The van der Waals surface area contributed by atoms with Crippen LogP contribution in [0.4, 0.5) is 0 Å². The van der Waals surface area contributed by atoms with Crippen LogP contribution in [0, 0.1) is 0 Å². The second kappa shape index (κ2) is 6.05. The molecule has 0 aliphatic carbocycles. The highest BCUT2D eigenvalue weighted by Crippen LogP contribution is 2.28. The lowest BCUT2D eigenvalue weighted by atomic mass is 10.1. The molecule has 0 aliphatic heterocycles. The number of hydrogen-bond donors (Lipinski definition) is 0. The van der Waals surface area contributed by atoms with Gasteiger partial charge in [-0.25, -0.2) is 9.97 Å². The lowest BCUT2D eigenvalue weighted by Gasteiger charge is -2.09. The van der Waals surface area contributed by atoms with Gasteiger partial charge in [0.15, 0.2) is 5.82 Å². The highest BCUT2D eigenvalue weighted by molar-refractivity contribution is 5.91. The van der Waals surface area contributed by atoms with Crippen LogP contribution in [0.1, 0.15) is 0 Å². The van der Waals surface area contributed by atoms with Crippen molar-refractivity contribution in [2.24, 2.45) is 0 Å². The minimum atomic E-state index is 0.718. The fraction of sp³-hybridized carbons (Fsp3) is 0. The Bertz CT molecular complexity index is 1230. The number of pyridine rings is 1. The third-order valence-corrected chi connectivity index (χ3v) is 4.51. The quantitative estimate of drug-likeness (QED) is 0.427. The molecule has 0 fully saturated rings. The Hall–Kier alpha value is -3.59. The molecule has 0 amide bonds. The van der Waals surface area contributed by atoms with Crippen LogP contribution in [-0.2, 0) is 0 Å². The summed E-state index contributed by atoms with van der Waals surface area (Å²) in [5, 5.41) is 2.39. The van der Waals surface area contributed by atoms with Gasteiger partial charge >= 0.3 is 0 Å². The van der Waals surface area contributed by atoms with E-state index < -0.39 is 0 Å². The van der Waals surface area contributed by atoms with E-state index in [9.17, 15) is 0 Å². The molecule has 0 bridgehead atoms. The van der Waals surface area contributed by atoms with Crippen LogP contribution in [0.15, 0.2) is 91.1 Å². The number of hydrogen-bond acceptors (Lipinski definition) is 3. The number of aromatic nitrogens is 3. The number of rotatable bonds is 2. The average molecular weight is 333 g/mol. The first kappa shape index (κ1) is 14.7. The van der Waals surface area contributed by atoms with E-state index in [1.165, 1.54) is 10.8 Å². The van der Waals surface area contributed by atoms with Crippen LogP contribution in [0.5, 0.6) is 0 Å². The van der Waals surface area contributed by atoms with Crippen molar-refractivity contribution in [1.29, 1.82) is 0 Å². The predicted octanol–water partition coefficient (Wildman–Crippen LogP) is 5.51. The third kappa shape index (κ3) is 2.50. The minimum absolute atomic E-state index is 0.718. The van der Waals surface area contributed by atoms with Gasteiger partial charge in [0.1, 0.15) is 11.2 Å². The molecule has 5 aromatic rings. The van der Waals surface area contributed by atoms with Crippen LogP contribution in [-0.4, -0.2) is 15.0 Å². The van der Waals surface area contributed by atoms with E-state index in [1.807, 2.05) is 42.5 Å². The molecule has 0 N–H and O–H groups in total. The highest BCUT2D eigenvalue weighted by Gasteiger charge is 2.12. The van der Waals surface area contributed by atoms with Crippen molar-refractivity contribution in [3.8, 4) is 22.6 Å². The SMILES string of the molecule is c1ccc(-c2nc(-c3ccc4ccccc4c3)nc3cccnc23)cc1. The number of benzene rings is 3. The van der Waals surface area contributed by atoms with Crippen LogP contribution < -0.4 is 0 Å². The van der Waals surface area contributed by atoms with E-state index in [-0.39, 0.29) is 0 Å². The summed E-state index contributed by atoms with van der Waals surface area (Å²) in [5.41, 5.74) is 4.58. The van der Waals surface area contributed by atoms with Crippen molar-refractivity contribution >= 4 is 21.8 Å². The monoisotopic (exact) mass is 333 g/mol. The molecule has 3 heteroatoms. The van der Waals surface area contributed by atoms with Crippen LogP contribution in [0.3, 0.4) is 0 Å². The zero-order chi connectivity index (χ0) is 17.3. The van der Waals surface area contributed by atoms with E-state index in [0.29, 0.717) is 0 Å². The number of fused-ring (bicyclic) bond motifs is 2. The summed E-state index contributed by atoms with van der Waals surface area (Å²) in [6, 6.07) is 28.7. The topological polar surface area (TPSA) is 38.7 Å². The van der Waals surface area contributed by atoms with Gasteiger partial charge in [0.05, 0.1) is 5.52 Å². The predicted molar refractivity (Wildman–Crippen MR) is 106 cm³/mol. The smallest absolute Gasteiger partial charge is 0.160 e.